The zero-order valence-corrected chi connectivity index (χ0v) is 11.7. The molecule has 0 aliphatic carbocycles. The fourth-order valence-electron chi connectivity index (χ4n) is 2.00. The smallest absolute Gasteiger partial charge is 0.227 e. The molecule has 100 valence electrons. The van der Waals surface area contributed by atoms with Crippen LogP contribution in [0.3, 0.4) is 0 Å². The number of anilines is 2. The number of hydrogen-bond acceptors (Lipinski definition) is 4. The van der Waals surface area contributed by atoms with Gasteiger partial charge in [0.15, 0.2) is 0 Å². The van der Waals surface area contributed by atoms with E-state index < -0.39 is 0 Å². The molecular formula is C15H20N4. The van der Waals surface area contributed by atoms with E-state index in [4.69, 9.17) is 5.73 Å². The minimum absolute atomic E-state index is 0.528. The molecular weight excluding hydrogens is 236 g/mol. The number of hydrogen-bond donors (Lipinski definition) is 1. The van der Waals surface area contributed by atoms with E-state index >= 15 is 0 Å². The molecule has 0 radical (unpaired) electrons. The third-order valence-electron chi connectivity index (χ3n) is 3.21. The van der Waals surface area contributed by atoms with Crippen LogP contribution in [0.15, 0.2) is 30.5 Å². The summed E-state index contributed by atoms with van der Waals surface area (Å²) in [4.78, 5) is 10.9. The maximum Gasteiger partial charge on any atom is 0.227 e. The third-order valence-corrected chi connectivity index (χ3v) is 3.21. The fourth-order valence-corrected chi connectivity index (χ4v) is 2.00. The van der Waals surface area contributed by atoms with Gasteiger partial charge in [-0.05, 0) is 26.3 Å². The van der Waals surface area contributed by atoms with E-state index in [0.29, 0.717) is 11.8 Å². The highest BCUT2D eigenvalue weighted by molar-refractivity contribution is 5.73. The number of nitrogen functional groups attached to an aromatic ring is 1. The topological polar surface area (TPSA) is 55.0 Å². The molecule has 0 aliphatic heterocycles. The standard InChI is InChI=1S/C15H20N4/c1-4-19(5-2)15-17-10-13(14(16)18-15)12-8-6-11(3)7-9-12/h6-10H,4-5H2,1-3H3,(H2,16,17,18). The molecule has 19 heavy (non-hydrogen) atoms. The number of rotatable bonds is 4. The van der Waals surface area contributed by atoms with Crippen molar-refractivity contribution in [2.75, 3.05) is 23.7 Å². The summed E-state index contributed by atoms with van der Waals surface area (Å²) in [6.45, 7) is 7.97. The van der Waals surface area contributed by atoms with E-state index in [1.807, 2.05) is 12.1 Å². The van der Waals surface area contributed by atoms with Crippen LogP contribution in [0.1, 0.15) is 19.4 Å². The molecule has 2 N–H and O–H groups in total. The normalized spacial score (nSPS) is 10.5. The van der Waals surface area contributed by atoms with Gasteiger partial charge in [-0.3, -0.25) is 0 Å². The molecule has 0 spiro atoms. The van der Waals surface area contributed by atoms with Crippen molar-refractivity contribution in [3.05, 3.63) is 36.0 Å². The second kappa shape index (κ2) is 5.69. The molecule has 2 rings (SSSR count). The summed E-state index contributed by atoms with van der Waals surface area (Å²) in [6.07, 6.45) is 1.81. The molecule has 4 heteroatoms. The lowest BCUT2D eigenvalue weighted by atomic mass is 10.1. The molecule has 2 aromatic rings. The maximum atomic E-state index is 6.06. The van der Waals surface area contributed by atoms with Crippen molar-refractivity contribution >= 4 is 11.8 Å². The van der Waals surface area contributed by atoms with Gasteiger partial charge in [0.25, 0.3) is 0 Å². The van der Waals surface area contributed by atoms with Crippen LogP contribution in [-0.2, 0) is 0 Å². The molecule has 0 saturated carbocycles. The van der Waals surface area contributed by atoms with E-state index in [2.05, 4.69) is 47.8 Å². The fraction of sp³-hybridized carbons (Fsp3) is 0.333. The van der Waals surface area contributed by atoms with E-state index in [1.54, 1.807) is 6.20 Å². The SMILES string of the molecule is CCN(CC)c1ncc(-c2ccc(C)cc2)c(N)n1. The van der Waals surface area contributed by atoms with Crippen molar-refractivity contribution in [2.24, 2.45) is 0 Å². The summed E-state index contributed by atoms with van der Waals surface area (Å²) in [5, 5.41) is 0. The molecule has 1 heterocycles. The first-order chi connectivity index (χ1) is 9.15. The van der Waals surface area contributed by atoms with Crippen molar-refractivity contribution in [1.29, 1.82) is 0 Å². The van der Waals surface area contributed by atoms with Crippen LogP contribution in [0.4, 0.5) is 11.8 Å². The predicted octanol–water partition coefficient (Wildman–Crippen LogP) is 2.88. The molecule has 0 unspecified atom stereocenters. The largest absolute Gasteiger partial charge is 0.383 e. The second-order valence-corrected chi connectivity index (χ2v) is 4.51. The lowest BCUT2D eigenvalue weighted by Gasteiger charge is -2.19. The third kappa shape index (κ3) is 2.84. The van der Waals surface area contributed by atoms with Crippen LogP contribution in [-0.4, -0.2) is 23.1 Å². The summed E-state index contributed by atoms with van der Waals surface area (Å²) in [7, 11) is 0. The number of benzene rings is 1. The van der Waals surface area contributed by atoms with E-state index in [9.17, 15) is 0 Å². The molecule has 4 nitrogen and oxygen atoms in total. The van der Waals surface area contributed by atoms with Gasteiger partial charge in [-0.15, -0.1) is 0 Å². The Hall–Kier alpha value is -2.10. The molecule has 0 atom stereocenters. The Morgan fingerprint density at radius 2 is 1.74 bits per heavy atom. The van der Waals surface area contributed by atoms with Gasteiger partial charge in [0.2, 0.25) is 5.95 Å². The quantitative estimate of drug-likeness (QED) is 0.914. The summed E-state index contributed by atoms with van der Waals surface area (Å²) >= 11 is 0. The summed E-state index contributed by atoms with van der Waals surface area (Å²) in [5.41, 5.74) is 9.22. The minimum atomic E-state index is 0.528. The van der Waals surface area contributed by atoms with Crippen molar-refractivity contribution in [3.63, 3.8) is 0 Å². The number of nitrogens with zero attached hydrogens (tertiary/aromatic N) is 3. The Morgan fingerprint density at radius 1 is 1.11 bits per heavy atom. The molecule has 1 aromatic heterocycles. The molecule has 0 fully saturated rings. The second-order valence-electron chi connectivity index (χ2n) is 4.51. The van der Waals surface area contributed by atoms with E-state index in [1.165, 1.54) is 5.56 Å². The molecule has 0 aliphatic rings. The summed E-state index contributed by atoms with van der Waals surface area (Å²) in [5.74, 6) is 1.22. The van der Waals surface area contributed by atoms with Crippen molar-refractivity contribution < 1.29 is 0 Å². The van der Waals surface area contributed by atoms with Crippen molar-refractivity contribution in [1.82, 2.24) is 9.97 Å². The number of aromatic nitrogens is 2. The van der Waals surface area contributed by atoms with Crippen LogP contribution < -0.4 is 10.6 Å². The van der Waals surface area contributed by atoms with Gasteiger partial charge >= 0.3 is 0 Å². The first-order valence-electron chi connectivity index (χ1n) is 6.60. The zero-order valence-electron chi connectivity index (χ0n) is 11.7. The predicted molar refractivity (Wildman–Crippen MR) is 80.2 cm³/mol. The Kier molecular flexibility index (Phi) is 4.00. The average molecular weight is 256 g/mol. The Bertz CT molecular complexity index is 545. The van der Waals surface area contributed by atoms with Gasteiger partial charge in [-0.1, -0.05) is 29.8 Å². The average Bonchev–Trinajstić information content (AvgIpc) is 2.42. The van der Waals surface area contributed by atoms with Gasteiger partial charge < -0.3 is 10.6 Å². The van der Waals surface area contributed by atoms with Gasteiger partial charge in [0.1, 0.15) is 5.82 Å². The lowest BCUT2D eigenvalue weighted by molar-refractivity contribution is 0.823. The minimum Gasteiger partial charge on any atom is -0.383 e. The van der Waals surface area contributed by atoms with Crippen LogP contribution in [0.5, 0.6) is 0 Å². The van der Waals surface area contributed by atoms with Crippen LogP contribution in [0.25, 0.3) is 11.1 Å². The number of aryl methyl sites for hydroxylation is 1. The highest BCUT2D eigenvalue weighted by Gasteiger charge is 2.10. The van der Waals surface area contributed by atoms with Gasteiger partial charge in [-0.2, -0.15) is 4.98 Å². The Balaban J connectivity index is 2.36. The molecule has 0 amide bonds. The van der Waals surface area contributed by atoms with Gasteiger partial charge in [-0.25, -0.2) is 4.98 Å². The van der Waals surface area contributed by atoms with Gasteiger partial charge in [0, 0.05) is 24.8 Å². The summed E-state index contributed by atoms with van der Waals surface area (Å²) < 4.78 is 0. The van der Waals surface area contributed by atoms with Crippen molar-refractivity contribution in [2.45, 2.75) is 20.8 Å². The Morgan fingerprint density at radius 3 is 2.26 bits per heavy atom. The first kappa shape index (κ1) is 13.3. The van der Waals surface area contributed by atoms with Crippen LogP contribution in [0.2, 0.25) is 0 Å². The van der Waals surface area contributed by atoms with Crippen LogP contribution >= 0.6 is 0 Å². The number of nitrogens with two attached hydrogens (primary N) is 1. The summed E-state index contributed by atoms with van der Waals surface area (Å²) in [6, 6.07) is 8.21. The van der Waals surface area contributed by atoms with E-state index in [-0.39, 0.29) is 0 Å². The van der Waals surface area contributed by atoms with Crippen molar-refractivity contribution in [3.8, 4) is 11.1 Å². The molecule has 0 bridgehead atoms. The lowest BCUT2D eigenvalue weighted by Crippen LogP contribution is -2.24. The van der Waals surface area contributed by atoms with Crippen LogP contribution in [0, 0.1) is 6.92 Å². The first-order valence-corrected chi connectivity index (χ1v) is 6.60. The zero-order chi connectivity index (χ0) is 13.8. The maximum absolute atomic E-state index is 6.06. The highest BCUT2D eigenvalue weighted by Crippen LogP contribution is 2.25. The van der Waals surface area contributed by atoms with Gasteiger partial charge in [0.05, 0.1) is 0 Å². The highest BCUT2D eigenvalue weighted by atomic mass is 15.2. The van der Waals surface area contributed by atoms with E-state index in [0.717, 1.165) is 24.2 Å². The monoisotopic (exact) mass is 256 g/mol. The molecule has 1 aromatic carbocycles. The Labute approximate surface area is 114 Å². The molecule has 0 saturated heterocycles.